The molecule has 2 saturated heterocycles. The Balaban J connectivity index is 0.00000225. The normalized spacial score (nSPS) is 31.4. The molecule has 5 nitrogen and oxygen atoms in total. The van der Waals surface area contributed by atoms with Crippen molar-refractivity contribution in [2.24, 2.45) is 5.92 Å². The minimum Gasteiger partial charge on any atom is -0.352 e. The minimum atomic E-state index is -3.41. The molecule has 1 aliphatic carbocycles. The number of fused-ring (bicyclic) bond motifs is 2. The molecule has 2 aliphatic heterocycles. The molecule has 2 bridgehead atoms. The first-order valence-corrected chi connectivity index (χ1v) is 11.3. The van der Waals surface area contributed by atoms with Gasteiger partial charge in [0.25, 0.3) is 0 Å². The van der Waals surface area contributed by atoms with Crippen LogP contribution < -0.4 is 10.6 Å². The first kappa shape index (κ1) is 21.0. The predicted molar refractivity (Wildman–Crippen MR) is 103 cm³/mol. The van der Waals surface area contributed by atoms with Crippen LogP contribution in [0.5, 0.6) is 0 Å². The third kappa shape index (κ3) is 4.69. The third-order valence-electron chi connectivity index (χ3n) is 6.05. The van der Waals surface area contributed by atoms with Crippen LogP contribution in [0.15, 0.2) is 0 Å². The third-order valence-corrected chi connectivity index (χ3v) is 8.92. The number of hydrogen-bond acceptors (Lipinski definition) is 4. The average molecular weight is 393 g/mol. The fourth-order valence-electron chi connectivity index (χ4n) is 4.89. The van der Waals surface area contributed by atoms with Gasteiger partial charge in [-0.15, -0.1) is 12.4 Å². The number of carbonyl (C=O) groups is 1. The van der Waals surface area contributed by atoms with Gasteiger partial charge in [-0.25, -0.2) is 8.42 Å². The molecule has 3 fully saturated rings. The fourth-order valence-corrected chi connectivity index (χ4v) is 7.42. The van der Waals surface area contributed by atoms with E-state index >= 15 is 0 Å². The van der Waals surface area contributed by atoms with E-state index in [-0.39, 0.29) is 35.5 Å². The van der Waals surface area contributed by atoms with Gasteiger partial charge in [-0.05, 0) is 44.4 Å². The number of nitrogens with one attached hydrogen (secondary N) is 2. The zero-order chi connectivity index (χ0) is 17.3. The maximum atomic E-state index is 13.1. The SMILES string of the molecule is CC(C)C(C(=O)NC1CC2CCC(C1)N2)S(=O)(=O)C1CCCCC1.Cl. The molecule has 2 N–H and O–H groups in total. The van der Waals surface area contributed by atoms with Crippen LogP contribution >= 0.6 is 12.4 Å². The van der Waals surface area contributed by atoms with E-state index in [2.05, 4.69) is 10.6 Å². The van der Waals surface area contributed by atoms with Crippen LogP contribution in [0, 0.1) is 5.92 Å². The number of halogens is 1. The van der Waals surface area contributed by atoms with Gasteiger partial charge >= 0.3 is 0 Å². The molecule has 0 spiro atoms. The highest BCUT2D eigenvalue weighted by atomic mass is 35.5. The largest absolute Gasteiger partial charge is 0.352 e. The number of carbonyl (C=O) groups excluding carboxylic acids is 1. The highest BCUT2D eigenvalue weighted by Gasteiger charge is 2.42. The Kier molecular flexibility index (Phi) is 7.19. The van der Waals surface area contributed by atoms with Crippen LogP contribution in [-0.2, 0) is 14.6 Å². The minimum absolute atomic E-state index is 0. The fraction of sp³-hybridized carbons (Fsp3) is 0.944. The summed E-state index contributed by atoms with van der Waals surface area (Å²) in [6, 6.07) is 1.10. The molecule has 3 atom stereocenters. The molecule has 3 unspecified atom stereocenters. The second-order valence-electron chi connectivity index (χ2n) is 8.33. The van der Waals surface area contributed by atoms with Crippen LogP contribution in [0.3, 0.4) is 0 Å². The average Bonchev–Trinajstić information content (AvgIpc) is 2.86. The summed E-state index contributed by atoms with van der Waals surface area (Å²) < 4.78 is 26.2. The van der Waals surface area contributed by atoms with E-state index < -0.39 is 15.1 Å². The lowest BCUT2D eigenvalue weighted by atomic mass is 9.99. The molecule has 146 valence electrons. The van der Waals surface area contributed by atoms with Crippen LogP contribution in [0.2, 0.25) is 0 Å². The number of piperidine rings is 1. The van der Waals surface area contributed by atoms with Gasteiger partial charge in [0.15, 0.2) is 9.84 Å². The van der Waals surface area contributed by atoms with Gasteiger partial charge in [0.2, 0.25) is 5.91 Å². The van der Waals surface area contributed by atoms with Crippen molar-refractivity contribution >= 4 is 28.2 Å². The summed E-state index contributed by atoms with van der Waals surface area (Å²) in [6.45, 7) is 3.72. The summed E-state index contributed by atoms with van der Waals surface area (Å²) in [7, 11) is -3.41. The number of hydrogen-bond donors (Lipinski definition) is 2. The molecule has 0 aromatic heterocycles. The van der Waals surface area contributed by atoms with Gasteiger partial charge in [-0.3, -0.25) is 4.79 Å². The Morgan fingerprint density at radius 2 is 1.56 bits per heavy atom. The van der Waals surface area contributed by atoms with Crippen molar-refractivity contribution in [2.75, 3.05) is 0 Å². The maximum absolute atomic E-state index is 13.1. The molecule has 3 rings (SSSR count). The lowest BCUT2D eigenvalue weighted by molar-refractivity contribution is -0.122. The maximum Gasteiger partial charge on any atom is 0.238 e. The van der Waals surface area contributed by atoms with Gasteiger partial charge in [-0.1, -0.05) is 33.1 Å². The molecule has 1 amide bonds. The summed E-state index contributed by atoms with van der Waals surface area (Å²) >= 11 is 0. The standard InChI is InChI=1S/C18H32N2O3S.ClH/c1-12(2)17(24(22,23)16-6-4-3-5-7-16)18(21)20-15-10-13-8-9-14(11-15)19-13;/h12-17,19H,3-11H2,1-2H3,(H,20,21);1H. The summed E-state index contributed by atoms with van der Waals surface area (Å²) in [5.74, 6) is -0.447. The molecule has 1 saturated carbocycles. The Bertz CT molecular complexity index is 549. The quantitative estimate of drug-likeness (QED) is 0.754. The zero-order valence-electron chi connectivity index (χ0n) is 15.4. The van der Waals surface area contributed by atoms with E-state index in [0.29, 0.717) is 12.1 Å². The van der Waals surface area contributed by atoms with Crippen LogP contribution in [0.4, 0.5) is 0 Å². The van der Waals surface area contributed by atoms with E-state index in [4.69, 9.17) is 0 Å². The highest BCUT2D eigenvalue weighted by Crippen LogP contribution is 2.30. The Labute approximate surface area is 158 Å². The van der Waals surface area contributed by atoms with Gasteiger partial charge < -0.3 is 10.6 Å². The Morgan fingerprint density at radius 3 is 2.08 bits per heavy atom. The number of amides is 1. The summed E-state index contributed by atoms with van der Waals surface area (Å²) in [4.78, 5) is 12.9. The van der Waals surface area contributed by atoms with Crippen LogP contribution in [0.1, 0.15) is 71.6 Å². The molecular weight excluding hydrogens is 360 g/mol. The van der Waals surface area contributed by atoms with E-state index in [1.807, 2.05) is 13.8 Å². The van der Waals surface area contributed by atoms with E-state index in [0.717, 1.165) is 44.9 Å². The van der Waals surface area contributed by atoms with Crippen molar-refractivity contribution in [1.29, 1.82) is 0 Å². The molecular formula is C18H33ClN2O3S. The van der Waals surface area contributed by atoms with Gasteiger partial charge in [0.1, 0.15) is 5.25 Å². The van der Waals surface area contributed by atoms with Gasteiger partial charge in [-0.2, -0.15) is 0 Å². The Morgan fingerprint density at radius 1 is 1.00 bits per heavy atom. The first-order chi connectivity index (χ1) is 11.4. The van der Waals surface area contributed by atoms with E-state index in [1.54, 1.807) is 0 Å². The molecule has 7 heteroatoms. The van der Waals surface area contributed by atoms with E-state index in [1.165, 1.54) is 12.8 Å². The van der Waals surface area contributed by atoms with Crippen molar-refractivity contribution in [1.82, 2.24) is 10.6 Å². The van der Waals surface area contributed by atoms with Gasteiger partial charge in [0.05, 0.1) is 5.25 Å². The van der Waals surface area contributed by atoms with Crippen molar-refractivity contribution in [3.05, 3.63) is 0 Å². The highest BCUT2D eigenvalue weighted by molar-refractivity contribution is 7.93. The smallest absolute Gasteiger partial charge is 0.238 e. The molecule has 0 aromatic rings. The van der Waals surface area contributed by atoms with Crippen LogP contribution in [0.25, 0.3) is 0 Å². The molecule has 3 aliphatic rings. The first-order valence-electron chi connectivity index (χ1n) is 9.67. The zero-order valence-corrected chi connectivity index (χ0v) is 17.0. The van der Waals surface area contributed by atoms with E-state index in [9.17, 15) is 13.2 Å². The number of sulfone groups is 1. The molecule has 2 heterocycles. The summed E-state index contributed by atoms with van der Waals surface area (Å²) in [6.07, 6.45) is 8.68. The second-order valence-corrected chi connectivity index (χ2v) is 10.7. The van der Waals surface area contributed by atoms with Gasteiger partial charge in [0, 0.05) is 18.1 Å². The lowest BCUT2D eigenvalue weighted by Crippen LogP contribution is -2.53. The van der Waals surface area contributed by atoms with Crippen molar-refractivity contribution < 1.29 is 13.2 Å². The topological polar surface area (TPSA) is 75.3 Å². The number of rotatable bonds is 5. The van der Waals surface area contributed by atoms with Crippen molar-refractivity contribution in [2.45, 2.75) is 100 Å². The summed E-state index contributed by atoms with van der Waals surface area (Å²) in [5, 5.41) is 5.43. The molecule has 0 radical (unpaired) electrons. The molecule has 0 aromatic carbocycles. The second kappa shape index (κ2) is 8.57. The predicted octanol–water partition coefficient (Wildman–Crippen LogP) is 2.58. The van der Waals surface area contributed by atoms with Crippen molar-refractivity contribution in [3.63, 3.8) is 0 Å². The lowest BCUT2D eigenvalue weighted by Gasteiger charge is -2.33. The van der Waals surface area contributed by atoms with Crippen molar-refractivity contribution in [3.8, 4) is 0 Å². The summed E-state index contributed by atoms with van der Waals surface area (Å²) in [5.41, 5.74) is 0. The Hall–Kier alpha value is -0.330. The monoisotopic (exact) mass is 392 g/mol. The van der Waals surface area contributed by atoms with Crippen LogP contribution in [-0.4, -0.2) is 43.0 Å². The molecule has 25 heavy (non-hydrogen) atoms.